The lowest BCUT2D eigenvalue weighted by molar-refractivity contribution is 0.0962. The van der Waals surface area contributed by atoms with E-state index in [9.17, 15) is 4.79 Å². The molecule has 0 atom stereocenters. The first-order valence-corrected chi connectivity index (χ1v) is 12.0. The molecule has 2 aromatic carbocycles. The van der Waals surface area contributed by atoms with Crippen LogP contribution in [0, 0.1) is 0 Å². The minimum atomic E-state index is -0.192. The van der Waals surface area contributed by atoms with E-state index >= 15 is 0 Å². The Hall–Kier alpha value is -4.27. The van der Waals surface area contributed by atoms with Crippen LogP contribution in [0.5, 0.6) is 17.4 Å². The van der Waals surface area contributed by atoms with E-state index in [1.807, 2.05) is 30.5 Å². The lowest BCUT2D eigenvalue weighted by Gasteiger charge is -2.16. The van der Waals surface area contributed by atoms with E-state index in [2.05, 4.69) is 15.6 Å². The van der Waals surface area contributed by atoms with Crippen LogP contribution >= 0.6 is 0 Å². The molecule has 9 heteroatoms. The Balaban J connectivity index is 1.55. The molecule has 0 radical (unpaired) electrons. The number of carbonyl (C=O) groups excluding carboxylic acids is 1. The van der Waals surface area contributed by atoms with Crippen molar-refractivity contribution in [1.29, 1.82) is 0 Å². The topological polar surface area (TPSA) is 110 Å². The van der Waals surface area contributed by atoms with Gasteiger partial charge < -0.3 is 29.8 Å². The Kier molecular flexibility index (Phi) is 6.62. The van der Waals surface area contributed by atoms with E-state index in [0.717, 1.165) is 47.9 Å². The SMILES string of the molecule is CNC(=O)c1ccc(Nc2nc(OC3CCCC3)c3c(-c4ccc(OC)cc4)c[nH]c3n2)c(OC)c1. The van der Waals surface area contributed by atoms with Crippen LogP contribution < -0.4 is 24.8 Å². The number of fused-ring (bicyclic) bond motifs is 1. The van der Waals surface area contributed by atoms with Crippen LogP contribution in [0.3, 0.4) is 0 Å². The number of hydrogen-bond acceptors (Lipinski definition) is 7. The minimum absolute atomic E-state index is 0.121. The summed E-state index contributed by atoms with van der Waals surface area (Å²) in [5, 5.41) is 6.69. The number of aromatic amines is 1. The molecule has 1 amide bonds. The zero-order valence-electron chi connectivity index (χ0n) is 20.6. The number of methoxy groups -OCH3 is 2. The predicted octanol–water partition coefficient (Wildman–Crippen LogP) is 5.07. The van der Waals surface area contributed by atoms with Crippen molar-refractivity contribution in [2.24, 2.45) is 0 Å². The van der Waals surface area contributed by atoms with Gasteiger partial charge in [0.05, 0.1) is 25.3 Å². The van der Waals surface area contributed by atoms with Crippen LogP contribution in [-0.4, -0.2) is 48.2 Å². The molecule has 0 spiro atoms. The summed E-state index contributed by atoms with van der Waals surface area (Å²) in [7, 11) is 4.79. The molecule has 1 saturated carbocycles. The molecule has 2 aromatic heterocycles. The van der Waals surface area contributed by atoms with Crippen molar-refractivity contribution in [3.05, 3.63) is 54.2 Å². The third-order valence-electron chi connectivity index (χ3n) is 6.42. The minimum Gasteiger partial charge on any atom is -0.497 e. The number of ether oxygens (including phenoxy) is 3. The number of amides is 1. The molecule has 186 valence electrons. The van der Waals surface area contributed by atoms with E-state index in [1.54, 1.807) is 39.5 Å². The highest BCUT2D eigenvalue weighted by Crippen LogP contribution is 2.38. The first kappa shape index (κ1) is 23.5. The van der Waals surface area contributed by atoms with Crippen molar-refractivity contribution in [1.82, 2.24) is 20.3 Å². The second-order valence-electron chi connectivity index (χ2n) is 8.65. The molecule has 0 bridgehead atoms. The molecule has 2 heterocycles. The maximum atomic E-state index is 12.0. The number of rotatable bonds is 8. The van der Waals surface area contributed by atoms with Crippen molar-refractivity contribution in [2.75, 3.05) is 26.6 Å². The van der Waals surface area contributed by atoms with Crippen LogP contribution in [0.4, 0.5) is 11.6 Å². The third-order valence-corrected chi connectivity index (χ3v) is 6.42. The third kappa shape index (κ3) is 4.64. The molecule has 5 rings (SSSR count). The smallest absolute Gasteiger partial charge is 0.251 e. The fourth-order valence-corrected chi connectivity index (χ4v) is 4.50. The monoisotopic (exact) mass is 487 g/mol. The van der Waals surface area contributed by atoms with Crippen LogP contribution in [0.2, 0.25) is 0 Å². The Morgan fingerprint density at radius 3 is 2.50 bits per heavy atom. The quantitative estimate of drug-likeness (QED) is 0.318. The summed E-state index contributed by atoms with van der Waals surface area (Å²) in [5.41, 5.74) is 3.76. The van der Waals surface area contributed by atoms with Crippen molar-refractivity contribution in [2.45, 2.75) is 31.8 Å². The van der Waals surface area contributed by atoms with Gasteiger partial charge in [-0.15, -0.1) is 0 Å². The standard InChI is InChI=1S/C27H29N5O4/c1-28-25(33)17-10-13-21(22(14-17)35-3)30-27-31-24-23(26(32-27)36-19-6-4-5-7-19)20(15-29-24)16-8-11-18(34-2)12-9-16/h8-15,19H,4-7H2,1-3H3,(H,28,33)(H2,29,30,31,32). The zero-order valence-corrected chi connectivity index (χ0v) is 20.6. The van der Waals surface area contributed by atoms with Gasteiger partial charge in [-0.3, -0.25) is 4.79 Å². The number of aromatic nitrogens is 3. The summed E-state index contributed by atoms with van der Waals surface area (Å²) < 4.78 is 17.3. The molecular weight excluding hydrogens is 458 g/mol. The Morgan fingerprint density at radius 1 is 1.03 bits per heavy atom. The maximum absolute atomic E-state index is 12.0. The fourth-order valence-electron chi connectivity index (χ4n) is 4.50. The lowest BCUT2D eigenvalue weighted by Crippen LogP contribution is -2.17. The van der Waals surface area contributed by atoms with Crippen molar-refractivity contribution < 1.29 is 19.0 Å². The summed E-state index contributed by atoms with van der Waals surface area (Å²) >= 11 is 0. The number of anilines is 2. The fraction of sp³-hybridized carbons (Fsp3) is 0.296. The molecule has 1 aliphatic carbocycles. The van der Waals surface area contributed by atoms with Gasteiger partial charge in [0.2, 0.25) is 11.8 Å². The average molecular weight is 488 g/mol. The first-order valence-electron chi connectivity index (χ1n) is 12.0. The second-order valence-corrected chi connectivity index (χ2v) is 8.65. The van der Waals surface area contributed by atoms with Gasteiger partial charge in [-0.05, 0) is 61.6 Å². The van der Waals surface area contributed by atoms with Crippen LogP contribution in [0.1, 0.15) is 36.0 Å². The molecule has 0 saturated heterocycles. The largest absolute Gasteiger partial charge is 0.497 e. The van der Waals surface area contributed by atoms with Crippen LogP contribution in [0.25, 0.3) is 22.2 Å². The molecule has 9 nitrogen and oxygen atoms in total. The van der Waals surface area contributed by atoms with E-state index in [4.69, 9.17) is 24.2 Å². The predicted molar refractivity (Wildman–Crippen MR) is 138 cm³/mol. The molecule has 4 aromatic rings. The van der Waals surface area contributed by atoms with Gasteiger partial charge in [-0.25, -0.2) is 0 Å². The van der Waals surface area contributed by atoms with E-state index in [1.165, 1.54) is 0 Å². The highest BCUT2D eigenvalue weighted by atomic mass is 16.5. The van der Waals surface area contributed by atoms with Gasteiger partial charge in [0, 0.05) is 24.4 Å². The normalized spacial score (nSPS) is 13.5. The lowest BCUT2D eigenvalue weighted by atomic mass is 10.1. The second kappa shape index (κ2) is 10.2. The highest BCUT2D eigenvalue weighted by molar-refractivity contribution is 5.98. The number of hydrogen-bond donors (Lipinski definition) is 3. The molecular formula is C27H29N5O4. The summed E-state index contributed by atoms with van der Waals surface area (Å²) in [6.45, 7) is 0. The summed E-state index contributed by atoms with van der Waals surface area (Å²) in [4.78, 5) is 24.8. The number of carbonyl (C=O) groups is 1. The summed E-state index contributed by atoms with van der Waals surface area (Å²) in [6, 6.07) is 13.0. The highest BCUT2D eigenvalue weighted by Gasteiger charge is 2.23. The molecule has 3 N–H and O–H groups in total. The van der Waals surface area contributed by atoms with Gasteiger partial charge in [0.1, 0.15) is 23.3 Å². The number of benzene rings is 2. The van der Waals surface area contributed by atoms with Crippen LogP contribution in [-0.2, 0) is 0 Å². The van der Waals surface area contributed by atoms with Gasteiger partial charge in [0.25, 0.3) is 5.91 Å². The summed E-state index contributed by atoms with van der Waals surface area (Å²) in [6.07, 6.45) is 6.35. The van der Waals surface area contributed by atoms with Crippen molar-refractivity contribution in [3.8, 4) is 28.5 Å². The van der Waals surface area contributed by atoms with Gasteiger partial charge >= 0.3 is 0 Å². The number of nitrogens with one attached hydrogen (secondary N) is 3. The molecule has 36 heavy (non-hydrogen) atoms. The number of nitrogens with zero attached hydrogens (tertiary/aromatic N) is 2. The van der Waals surface area contributed by atoms with E-state index in [-0.39, 0.29) is 12.0 Å². The summed E-state index contributed by atoms with van der Waals surface area (Å²) in [5.74, 6) is 2.00. The van der Waals surface area contributed by atoms with Crippen molar-refractivity contribution in [3.63, 3.8) is 0 Å². The first-order chi connectivity index (χ1) is 17.6. The Morgan fingerprint density at radius 2 is 1.81 bits per heavy atom. The maximum Gasteiger partial charge on any atom is 0.251 e. The van der Waals surface area contributed by atoms with Gasteiger partial charge in [-0.2, -0.15) is 9.97 Å². The van der Waals surface area contributed by atoms with E-state index < -0.39 is 0 Å². The average Bonchev–Trinajstić information content (AvgIpc) is 3.58. The van der Waals surface area contributed by atoms with Crippen molar-refractivity contribution >= 4 is 28.6 Å². The van der Waals surface area contributed by atoms with Crippen LogP contribution in [0.15, 0.2) is 48.7 Å². The molecule has 0 unspecified atom stereocenters. The Bertz CT molecular complexity index is 1380. The molecule has 1 aliphatic rings. The van der Waals surface area contributed by atoms with Gasteiger partial charge in [-0.1, -0.05) is 12.1 Å². The zero-order chi connectivity index (χ0) is 25.1. The van der Waals surface area contributed by atoms with E-state index in [0.29, 0.717) is 34.5 Å². The Labute approximate surface area is 209 Å². The molecule has 1 fully saturated rings. The molecule has 0 aliphatic heterocycles. The van der Waals surface area contributed by atoms with Gasteiger partial charge in [0.15, 0.2) is 0 Å². The number of H-pyrrole nitrogens is 1.